The van der Waals surface area contributed by atoms with Crippen LogP contribution in [0.25, 0.3) is 10.2 Å². The van der Waals surface area contributed by atoms with E-state index in [1.165, 1.54) is 11.3 Å². The third kappa shape index (κ3) is 2.14. The topological polar surface area (TPSA) is 47.0 Å². The maximum atomic E-state index is 11.7. The molecular weight excluding hydrogens is 254 g/mol. The van der Waals surface area contributed by atoms with Crippen LogP contribution in [-0.4, -0.2) is 25.0 Å². The lowest BCUT2D eigenvalue weighted by atomic mass is 10.3. The van der Waals surface area contributed by atoms with Gasteiger partial charge in [0, 0.05) is 5.88 Å². The van der Waals surface area contributed by atoms with Crippen LogP contribution in [0.3, 0.4) is 0 Å². The molecular formula is C9H8ClNO2S2. The van der Waals surface area contributed by atoms with E-state index in [2.05, 4.69) is 4.98 Å². The molecule has 0 N–H and O–H groups in total. The fourth-order valence-electron chi connectivity index (χ4n) is 1.17. The van der Waals surface area contributed by atoms with Crippen molar-refractivity contribution in [1.82, 2.24) is 4.98 Å². The number of para-hydroxylation sites is 1. The van der Waals surface area contributed by atoms with Gasteiger partial charge in [0.05, 0.1) is 16.0 Å². The maximum Gasteiger partial charge on any atom is 0.210 e. The molecule has 2 aromatic rings. The Kier molecular flexibility index (Phi) is 2.95. The fraction of sp³-hybridized carbons (Fsp3) is 0.222. The van der Waals surface area contributed by atoms with Crippen molar-refractivity contribution in [2.75, 3.05) is 11.6 Å². The largest absolute Gasteiger partial charge is 0.225 e. The van der Waals surface area contributed by atoms with Crippen LogP contribution in [0.4, 0.5) is 0 Å². The van der Waals surface area contributed by atoms with Crippen molar-refractivity contribution in [3.05, 3.63) is 24.3 Å². The van der Waals surface area contributed by atoms with E-state index >= 15 is 0 Å². The number of alkyl halides is 1. The van der Waals surface area contributed by atoms with Crippen LogP contribution in [0, 0.1) is 0 Å². The van der Waals surface area contributed by atoms with Gasteiger partial charge in [0.25, 0.3) is 0 Å². The van der Waals surface area contributed by atoms with E-state index < -0.39 is 9.84 Å². The summed E-state index contributed by atoms with van der Waals surface area (Å²) in [6.45, 7) is 0. The van der Waals surface area contributed by atoms with Gasteiger partial charge >= 0.3 is 0 Å². The average Bonchev–Trinajstić information content (AvgIpc) is 2.61. The van der Waals surface area contributed by atoms with E-state index in [1.807, 2.05) is 18.2 Å². The Morgan fingerprint density at radius 3 is 2.73 bits per heavy atom. The second-order valence-electron chi connectivity index (χ2n) is 2.96. The van der Waals surface area contributed by atoms with Gasteiger partial charge in [0.1, 0.15) is 0 Å². The first-order valence-corrected chi connectivity index (χ1v) is 7.28. The molecule has 0 aliphatic carbocycles. The molecule has 0 fully saturated rings. The summed E-state index contributed by atoms with van der Waals surface area (Å²) < 4.78 is 24.4. The van der Waals surface area contributed by atoms with E-state index in [0.717, 1.165) is 10.2 Å². The van der Waals surface area contributed by atoms with E-state index in [9.17, 15) is 8.42 Å². The van der Waals surface area contributed by atoms with E-state index in [4.69, 9.17) is 11.6 Å². The third-order valence-corrected chi connectivity index (χ3v) is 5.51. The zero-order valence-electron chi connectivity index (χ0n) is 7.68. The second-order valence-corrected chi connectivity index (χ2v) is 6.65. The smallest absolute Gasteiger partial charge is 0.210 e. The third-order valence-electron chi connectivity index (χ3n) is 1.89. The molecule has 2 rings (SSSR count). The van der Waals surface area contributed by atoms with Crippen LogP contribution < -0.4 is 0 Å². The number of rotatable bonds is 3. The van der Waals surface area contributed by atoms with Crippen LogP contribution in [0.1, 0.15) is 0 Å². The van der Waals surface area contributed by atoms with Crippen molar-refractivity contribution < 1.29 is 8.42 Å². The molecule has 0 radical (unpaired) electrons. The number of thiazole rings is 1. The van der Waals surface area contributed by atoms with Crippen LogP contribution in [0.15, 0.2) is 28.6 Å². The minimum atomic E-state index is -3.30. The maximum absolute atomic E-state index is 11.7. The van der Waals surface area contributed by atoms with Crippen molar-refractivity contribution in [3.63, 3.8) is 0 Å². The van der Waals surface area contributed by atoms with Crippen LogP contribution >= 0.6 is 22.9 Å². The minimum absolute atomic E-state index is 0.0611. The lowest BCUT2D eigenvalue weighted by Crippen LogP contribution is -2.07. The van der Waals surface area contributed by atoms with Crippen molar-refractivity contribution in [1.29, 1.82) is 0 Å². The summed E-state index contributed by atoms with van der Waals surface area (Å²) in [5.41, 5.74) is 0.718. The molecule has 0 aliphatic heterocycles. The molecule has 0 aliphatic rings. The molecule has 0 bridgehead atoms. The van der Waals surface area contributed by atoms with Crippen molar-refractivity contribution >= 4 is 43.0 Å². The van der Waals surface area contributed by atoms with Gasteiger partial charge < -0.3 is 0 Å². The van der Waals surface area contributed by atoms with Gasteiger partial charge in [-0.2, -0.15) is 0 Å². The molecule has 0 amide bonds. The molecule has 0 atom stereocenters. The number of sulfone groups is 1. The molecule has 6 heteroatoms. The number of hydrogen-bond donors (Lipinski definition) is 0. The Hall–Kier alpha value is -0.650. The first-order valence-electron chi connectivity index (χ1n) is 4.28. The minimum Gasteiger partial charge on any atom is -0.225 e. The van der Waals surface area contributed by atoms with Gasteiger partial charge in [0.15, 0.2) is 0 Å². The average molecular weight is 262 g/mol. The predicted octanol–water partition coefficient (Wildman–Crippen LogP) is 2.31. The SMILES string of the molecule is O=S(=O)(CCCl)c1nc2ccccc2s1. The number of hydrogen-bond acceptors (Lipinski definition) is 4. The number of fused-ring (bicyclic) bond motifs is 1. The molecule has 0 saturated heterocycles. The quantitative estimate of drug-likeness (QED) is 0.797. The fourth-order valence-corrected chi connectivity index (χ4v) is 4.12. The van der Waals surface area contributed by atoms with Crippen LogP contribution in [0.2, 0.25) is 0 Å². The summed E-state index contributed by atoms with van der Waals surface area (Å²) in [5.74, 6) is 0.0344. The molecule has 1 heterocycles. The van der Waals surface area contributed by atoms with E-state index in [0.29, 0.717) is 0 Å². The molecule has 0 spiro atoms. The first-order chi connectivity index (χ1) is 7.13. The molecule has 0 saturated carbocycles. The number of benzene rings is 1. The highest BCUT2D eigenvalue weighted by Gasteiger charge is 2.18. The molecule has 80 valence electrons. The lowest BCUT2D eigenvalue weighted by molar-refractivity contribution is 0.597. The van der Waals surface area contributed by atoms with E-state index in [1.54, 1.807) is 6.07 Å². The Morgan fingerprint density at radius 1 is 1.33 bits per heavy atom. The Bertz CT molecular complexity index is 544. The zero-order valence-corrected chi connectivity index (χ0v) is 10.1. The highest BCUT2D eigenvalue weighted by molar-refractivity contribution is 7.93. The molecule has 15 heavy (non-hydrogen) atoms. The van der Waals surface area contributed by atoms with Crippen molar-refractivity contribution in [2.24, 2.45) is 0 Å². The molecule has 1 aromatic heterocycles. The molecule has 0 unspecified atom stereocenters. The second kappa shape index (κ2) is 4.08. The van der Waals surface area contributed by atoms with Gasteiger partial charge in [0.2, 0.25) is 14.2 Å². The zero-order chi connectivity index (χ0) is 10.9. The summed E-state index contributed by atoms with van der Waals surface area (Å²) >= 11 is 6.62. The molecule has 3 nitrogen and oxygen atoms in total. The standard InChI is InChI=1S/C9H8ClNO2S2/c10-5-6-15(12,13)9-11-7-3-1-2-4-8(7)14-9/h1-4H,5-6H2. The predicted molar refractivity (Wildman–Crippen MR) is 62.4 cm³/mol. The number of nitrogens with zero attached hydrogens (tertiary/aromatic N) is 1. The van der Waals surface area contributed by atoms with Crippen molar-refractivity contribution in [2.45, 2.75) is 4.34 Å². The summed E-state index contributed by atoms with van der Waals surface area (Å²) in [6, 6.07) is 7.34. The summed E-state index contributed by atoms with van der Waals surface area (Å²) in [7, 11) is -3.30. The Morgan fingerprint density at radius 2 is 2.07 bits per heavy atom. The van der Waals surface area contributed by atoms with Crippen molar-refractivity contribution in [3.8, 4) is 0 Å². The van der Waals surface area contributed by atoms with Gasteiger partial charge in [-0.05, 0) is 12.1 Å². The Labute approximate surface area is 96.6 Å². The van der Waals surface area contributed by atoms with Gasteiger partial charge in [-0.25, -0.2) is 13.4 Å². The normalized spacial score (nSPS) is 12.1. The molecule has 1 aromatic carbocycles. The van der Waals surface area contributed by atoms with E-state index in [-0.39, 0.29) is 16.0 Å². The Balaban J connectivity index is 2.54. The van der Waals surface area contributed by atoms with Crippen LogP contribution in [0.5, 0.6) is 0 Å². The van der Waals surface area contributed by atoms with Crippen LogP contribution in [-0.2, 0) is 9.84 Å². The highest BCUT2D eigenvalue weighted by atomic mass is 35.5. The van der Waals surface area contributed by atoms with Gasteiger partial charge in [-0.15, -0.1) is 22.9 Å². The lowest BCUT2D eigenvalue weighted by Gasteiger charge is -1.94. The first kappa shape index (κ1) is 10.9. The summed E-state index contributed by atoms with van der Waals surface area (Å²) in [6.07, 6.45) is 0. The number of aromatic nitrogens is 1. The number of halogens is 1. The van der Waals surface area contributed by atoms with Gasteiger partial charge in [-0.1, -0.05) is 12.1 Å². The highest BCUT2D eigenvalue weighted by Crippen LogP contribution is 2.25. The summed E-state index contributed by atoms with van der Waals surface area (Å²) in [5, 5.41) is 0. The monoisotopic (exact) mass is 261 g/mol. The van der Waals surface area contributed by atoms with Gasteiger partial charge in [-0.3, -0.25) is 0 Å². The summed E-state index contributed by atoms with van der Waals surface area (Å²) in [4.78, 5) is 4.07.